The zero-order chi connectivity index (χ0) is 21.0. The average molecular weight is 406 g/mol. The first kappa shape index (κ1) is 20.5. The highest BCUT2D eigenvalue weighted by atomic mass is 31.2. The molecule has 0 aliphatic carbocycles. The molecule has 0 saturated carbocycles. The molecule has 0 spiro atoms. The van der Waals surface area contributed by atoms with Gasteiger partial charge in [-0.3, -0.25) is 0 Å². The summed E-state index contributed by atoms with van der Waals surface area (Å²) in [5.41, 5.74) is 4.62. The number of pyridine rings is 1. The highest BCUT2D eigenvalue weighted by molar-refractivity contribution is 7.80. The standard InChI is InChI=1S/C27H36NP/c1-8-26(4)24-16-15-21(29(5,6)7)19-23(24)25-22-14-12-11-13-20(22)17-18-28(25)27(26,9-2)10-3/h11-19H,8-10H2,1-7H3/q+2. The maximum atomic E-state index is 2.66. The van der Waals surface area contributed by atoms with Gasteiger partial charge in [-0.1, -0.05) is 45.0 Å². The number of rotatable bonds is 4. The summed E-state index contributed by atoms with van der Waals surface area (Å²) in [4.78, 5) is 0. The van der Waals surface area contributed by atoms with Crippen molar-refractivity contribution >= 4 is 23.3 Å². The summed E-state index contributed by atoms with van der Waals surface area (Å²) < 4.78 is 2.66. The van der Waals surface area contributed by atoms with Crippen LogP contribution in [0.3, 0.4) is 0 Å². The van der Waals surface area contributed by atoms with Crippen LogP contribution in [0.4, 0.5) is 0 Å². The average Bonchev–Trinajstić information content (AvgIpc) is 2.73. The SMILES string of the molecule is CCC1(C)c2ccc([P+](C)(C)C)cc2-c2c3ccccc3cc[n+]2C1(CC)CC. The van der Waals surface area contributed by atoms with Crippen molar-refractivity contribution < 1.29 is 4.57 Å². The number of benzene rings is 2. The van der Waals surface area contributed by atoms with E-state index in [2.05, 4.69) is 107 Å². The van der Waals surface area contributed by atoms with Crippen molar-refractivity contribution in [3.05, 3.63) is 60.3 Å². The molecule has 0 fully saturated rings. The second-order valence-electron chi connectivity index (χ2n) is 9.79. The molecule has 1 aromatic heterocycles. The van der Waals surface area contributed by atoms with Crippen LogP contribution in [0.15, 0.2) is 54.7 Å². The van der Waals surface area contributed by atoms with Gasteiger partial charge < -0.3 is 0 Å². The van der Waals surface area contributed by atoms with E-state index in [1.807, 2.05) is 0 Å². The van der Waals surface area contributed by atoms with Gasteiger partial charge in [-0.25, -0.2) is 0 Å². The Kier molecular flexibility index (Phi) is 4.90. The van der Waals surface area contributed by atoms with Gasteiger partial charge in [0.15, 0.2) is 11.7 Å². The highest BCUT2D eigenvalue weighted by Gasteiger charge is 2.58. The van der Waals surface area contributed by atoms with E-state index in [0.717, 1.165) is 19.3 Å². The van der Waals surface area contributed by atoms with E-state index in [1.165, 1.54) is 32.9 Å². The predicted molar refractivity (Wildman–Crippen MR) is 130 cm³/mol. The predicted octanol–water partition coefficient (Wildman–Crippen LogP) is 6.52. The van der Waals surface area contributed by atoms with Gasteiger partial charge in [-0.15, -0.1) is 0 Å². The maximum absolute atomic E-state index is 2.66. The molecule has 152 valence electrons. The third-order valence-corrected chi connectivity index (χ3v) is 9.68. The Morgan fingerprint density at radius 1 is 0.862 bits per heavy atom. The molecule has 0 amide bonds. The zero-order valence-corrected chi connectivity index (χ0v) is 20.1. The topological polar surface area (TPSA) is 3.88 Å². The molecule has 0 radical (unpaired) electrons. The Morgan fingerprint density at radius 2 is 1.55 bits per heavy atom. The molecular weight excluding hydrogens is 369 g/mol. The lowest BCUT2D eigenvalue weighted by Gasteiger charge is -2.48. The normalized spacial score (nSPS) is 20.4. The van der Waals surface area contributed by atoms with E-state index in [-0.39, 0.29) is 11.0 Å². The second-order valence-corrected chi connectivity index (χ2v) is 14.3. The molecule has 4 rings (SSSR count). The van der Waals surface area contributed by atoms with Crippen molar-refractivity contribution in [2.75, 3.05) is 20.0 Å². The lowest BCUT2D eigenvalue weighted by Crippen LogP contribution is -2.68. The molecule has 1 nitrogen and oxygen atoms in total. The van der Waals surface area contributed by atoms with Gasteiger partial charge >= 0.3 is 0 Å². The van der Waals surface area contributed by atoms with E-state index in [9.17, 15) is 0 Å². The molecule has 2 heteroatoms. The Hall–Kier alpha value is -1.72. The number of nitrogens with zero attached hydrogens (tertiary/aromatic N) is 1. The van der Waals surface area contributed by atoms with E-state index >= 15 is 0 Å². The van der Waals surface area contributed by atoms with Crippen LogP contribution < -0.4 is 9.87 Å². The van der Waals surface area contributed by atoms with Crippen LogP contribution in [0.2, 0.25) is 0 Å². The van der Waals surface area contributed by atoms with Gasteiger partial charge in [-0.05, 0) is 42.5 Å². The fourth-order valence-electron chi connectivity index (χ4n) is 5.88. The van der Waals surface area contributed by atoms with Crippen molar-refractivity contribution in [1.29, 1.82) is 0 Å². The quantitative estimate of drug-likeness (QED) is 0.343. The molecule has 1 atom stereocenters. The van der Waals surface area contributed by atoms with Crippen LogP contribution in [-0.2, 0) is 11.0 Å². The number of fused-ring (bicyclic) bond motifs is 5. The molecular formula is C27H36NP+2. The van der Waals surface area contributed by atoms with Gasteiger partial charge in [0.25, 0.3) is 0 Å². The van der Waals surface area contributed by atoms with E-state index < -0.39 is 7.26 Å². The van der Waals surface area contributed by atoms with Crippen LogP contribution in [0.5, 0.6) is 0 Å². The van der Waals surface area contributed by atoms with Gasteiger partial charge in [-0.2, -0.15) is 4.57 Å². The van der Waals surface area contributed by atoms with Gasteiger partial charge in [0.2, 0.25) is 5.69 Å². The molecule has 29 heavy (non-hydrogen) atoms. The second kappa shape index (κ2) is 6.92. The van der Waals surface area contributed by atoms with Crippen LogP contribution in [-0.4, -0.2) is 20.0 Å². The molecule has 2 aromatic carbocycles. The van der Waals surface area contributed by atoms with Crippen LogP contribution in [0.25, 0.3) is 22.0 Å². The van der Waals surface area contributed by atoms with Gasteiger partial charge in [0.05, 0.1) is 41.7 Å². The molecule has 2 heterocycles. The monoisotopic (exact) mass is 405 g/mol. The first-order valence-corrected chi connectivity index (χ1v) is 14.3. The lowest BCUT2D eigenvalue weighted by atomic mass is 9.58. The fraction of sp³-hybridized carbons (Fsp3) is 0.444. The minimum absolute atomic E-state index is 0.0898. The Bertz CT molecular complexity index is 1070. The van der Waals surface area contributed by atoms with Crippen molar-refractivity contribution in [2.45, 2.75) is 57.9 Å². The molecule has 1 aliphatic heterocycles. The summed E-state index contributed by atoms with van der Waals surface area (Å²) in [5.74, 6) is 0. The zero-order valence-electron chi connectivity index (χ0n) is 19.2. The third kappa shape index (κ3) is 2.73. The van der Waals surface area contributed by atoms with E-state index in [0.29, 0.717) is 0 Å². The molecule has 1 unspecified atom stereocenters. The lowest BCUT2D eigenvalue weighted by molar-refractivity contribution is -0.768. The Morgan fingerprint density at radius 3 is 2.17 bits per heavy atom. The molecule has 3 aromatic rings. The summed E-state index contributed by atoms with van der Waals surface area (Å²) in [7, 11) is -1.09. The minimum atomic E-state index is -1.09. The first-order valence-electron chi connectivity index (χ1n) is 11.1. The third-order valence-electron chi connectivity index (χ3n) is 7.85. The number of hydrogen-bond donors (Lipinski definition) is 0. The van der Waals surface area contributed by atoms with Crippen molar-refractivity contribution in [3.63, 3.8) is 0 Å². The van der Waals surface area contributed by atoms with Crippen LogP contribution >= 0.6 is 7.26 Å². The molecule has 0 saturated heterocycles. The molecule has 1 aliphatic rings. The Balaban J connectivity index is 2.20. The van der Waals surface area contributed by atoms with Crippen molar-refractivity contribution in [1.82, 2.24) is 0 Å². The summed E-state index contributed by atoms with van der Waals surface area (Å²) in [6.45, 7) is 16.9. The van der Waals surface area contributed by atoms with E-state index in [4.69, 9.17) is 0 Å². The minimum Gasteiger partial charge on any atom is -0.192 e. The summed E-state index contributed by atoms with van der Waals surface area (Å²) >= 11 is 0. The van der Waals surface area contributed by atoms with Gasteiger partial charge in [0.1, 0.15) is 0 Å². The summed E-state index contributed by atoms with van der Waals surface area (Å²) in [6, 6.07) is 18.7. The summed E-state index contributed by atoms with van der Waals surface area (Å²) in [6.07, 6.45) is 5.79. The van der Waals surface area contributed by atoms with Crippen LogP contribution in [0.1, 0.15) is 52.5 Å². The Labute approximate surface area is 177 Å². The van der Waals surface area contributed by atoms with Crippen molar-refractivity contribution in [2.24, 2.45) is 0 Å². The number of aromatic nitrogens is 1. The summed E-state index contributed by atoms with van der Waals surface area (Å²) in [5, 5.41) is 4.24. The maximum Gasteiger partial charge on any atom is 0.221 e. The number of hydrogen-bond acceptors (Lipinski definition) is 0. The highest BCUT2D eigenvalue weighted by Crippen LogP contribution is 2.53. The molecule has 0 bridgehead atoms. The van der Waals surface area contributed by atoms with Gasteiger partial charge in [0, 0.05) is 26.2 Å². The van der Waals surface area contributed by atoms with E-state index in [1.54, 1.807) is 0 Å². The largest absolute Gasteiger partial charge is 0.221 e. The first-order chi connectivity index (χ1) is 13.7. The molecule has 0 N–H and O–H groups in total. The fourth-order valence-corrected chi connectivity index (χ4v) is 6.92. The van der Waals surface area contributed by atoms with Crippen molar-refractivity contribution in [3.8, 4) is 11.3 Å². The smallest absolute Gasteiger partial charge is 0.192 e. The van der Waals surface area contributed by atoms with Crippen LogP contribution in [0, 0.1) is 0 Å².